The van der Waals surface area contributed by atoms with E-state index in [4.69, 9.17) is 11.6 Å². The Balaban J connectivity index is 0.00000529. The molecule has 9 heteroatoms. The lowest BCUT2D eigenvalue weighted by Crippen LogP contribution is -2.42. The van der Waals surface area contributed by atoms with Crippen LogP contribution in [0.4, 0.5) is 0 Å². The molecule has 1 unspecified atom stereocenters. The zero-order chi connectivity index (χ0) is 17.3. The Morgan fingerprint density at radius 3 is 2.62 bits per heavy atom. The largest absolute Gasteiger partial charge is 0.357 e. The first kappa shape index (κ1) is 23.4. The molecule has 138 valence electrons. The second kappa shape index (κ2) is 11.9. The van der Waals surface area contributed by atoms with Crippen LogP contribution in [0, 0.1) is 0 Å². The summed E-state index contributed by atoms with van der Waals surface area (Å²) < 4.78 is 26.8. The highest BCUT2D eigenvalue weighted by atomic mass is 127. The van der Waals surface area contributed by atoms with Crippen molar-refractivity contribution >= 4 is 51.6 Å². The van der Waals surface area contributed by atoms with E-state index in [0.29, 0.717) is 23.6 Å². The molecule has 0 aliphatic heterocycles. The second-order valence-corrected chi connectivity index (χ2v) is 7.27. The van der Waals surface area contributed by atoms with Gasteiger partial charge in [0.2, 0.25) is 10.0 Å². The van der Waals surface area contributed by atoms with E-state index in [1.807, 2.05) is 6.92 Å². The van der Waals surface area contributed by atoms with E-state index in [0.717, 1.165) is 13.0 Å². The van der Waals surface area contributed by atoms with E-state index in [-0.39, 0.29) is 35.4 Å². The van der Waals surface area contributed by atoms with Gasteiger partial charge in [0.15, 0.2) is 5.96 Å². The zero-order valence-electron chi connectivity index (χ0n) is 14.2. The highest BCUT2D eigenvalue weighted by Crippen LogP contribution is 2.14. The van der Waals surface area contributed by atoms with Crippen LogP contribution >= 0.6 is 35.6 Å². The summed E-state index contributed by atoms with van der Waals surface area (Å²) >= 11 is 5.82. The Bertz CT molecular complexity index is 626. The first-order chi connectivity index (χ1) is 10.9. The van der Waals surface area contributed by atoms with Gasteiger partial charge in [-0.1, -0.05) is 24.6 Å². The SMILES string of the molecule is CCNC(=NCCNS(=O)(=O)c1cccc(Cl)c1)NC(C)CC.I. The van der Waals surface area contributed by atoms with Crippen LogP contribution in [-0.4, -0.2) is 40.1 Å². The van der Waals surface area contributed by atoms with Gasteiger partial charge in [-0.15, -0.1) is 24.0 Å². The molecule has 6 nitrogen and oxygen atoms in total. The fraction of sp³-hybridized carbons (Fsp3) is 0.533. The van der Waals surface area contributed by atoms with Crippen molar-refractivity contribution in [2.75, 3.05) is 19.6 Å². The van der Waals surface area contributed by atoms with Gasteiger partial charge in [0, 0.05) is 24.2 Å². The van der Waals surface area contributed by atoms with E-state index in [1.165, 1.54) is 12.1 Å². The summed E-state index contributed by atoms with van der Waals surface area (Å²) in [6.07, 6.45) is 0.978. The second-order valence-electron chi connectivity index (χ2n) is 5.07. The summed E-state index contributed by atoms with van der Waals surface area (Å²) in [5, 5.41) is 6.76. The molecule has 1 aromatic carbocycles. The molecule has 0 amide bonds. The molecule has 0 saturated carbocycles. The zero-order valence-corrected chi connectivity index (χ0v) is 18.1. The van der Waals surface area contributed by atoms with Crippen molar-refractivity contribution in [3.8, 4) is 0 Å². The van der Waals surface area contributed by atoms with Crippen LogP contribution in [0.25, 0.3) is 0 Å². The van der Waals surface area contributed by atoms with Crippen molar-refractivity contribution in [1.82, 2.24) is 15.4 Å². The van der Waals surface area contributed by atoms with Crippen molar-refractivity contribution in [2.45, 2.75) is 38.1 Å². The molecule has 0 aliphatic rings. The Morgan fingerprint density at radius 1 is 1.33 bits per heavy atom. The van der Waals surface area contributed by atoms with Crippen LogP contribution in [0.1, 0.15) is 27.2 Å². The average molecular weight is 489 g/mol. The lowest BCUT2D eigenvalue weighted by atomic mass is 10.3. The van der Waals surface area contributed by atoms with Gasteiger partial charge in [0.05, 0.1) is 11.4 Å². The van der Waals surface area contributed by atoms with Gasteiger partial charge < -0.3 is 10.6 Å². The average Bonchev–Trinajstić information content (AvgIpc) is 2.51. The molecule has 0 fully saturated rings. The van der Waals surface area contributed by atoms with E-state index in [2.05, 4.69) is 34.2 Å². The number of nitrogens with zero attached hydrogens (tertiary/aromatic N) is 1. The molecule has 0 aliphatic carbocycles. The first-order valence-electron chi connectivity index (χ1n) is 7.69. The molecule has 0 spiro atoms. The van der Waals surface area contributed by atoms with E-state index in [9.17, 15) is 8.42 Å². The predicted molar refractivity (Wildman–Crippen MR) is 111 cm³/mol. The highest BCUT2D eigenvalue weighted by Gasteiger charge is 2.13. The molecule has 3 N–H and O–H groups in total. The van der Waals surface area contributed by atoms with E-state index < -0.39 is 10.0 Å². The first-order valence-corrected chi connectivity index (χ1v) is 9.55. The maximum absolute atomic E-state index is 12.1. The van der Waals surface area contributed by atoms with Gasteiger partial charge >= 0.3 is 0 Å². The number of sulfonamides is 1. The number of hydrogen-bond acceptors (Lipinski definition) is 3. The summed E-state index contributed by atoms with van der Waals surface area (Å²) in [5.74, 6) is 0.684. The monoisotopic (exact) mass is 488 g/mol. The Morgan fingerprint density at radius 2 is 2.04 bits per heavy atom. The maximum atomic E-state index is 12.1. The van der Waals surface area contributed by atoms with Gasteiger partial charge in [-0.25, -0.2) is 13.1 Å². The Hall–Kier alpha value is -0.580. The molecule has 0 bridgehead atoms. The van der Waals surface area contributed by atoms with Gasteiger partial charge in [-0.3, -0.25) is 4.99 Å². The molecule has 0 aromatic heterocycles. The minimum Gasteiger partial charge on any atom is -0.357 e. The molecule has 24 heavy (non-hydrogen) atoms. The van der Waals surface area contributed by atoms with Gasteiger partial charge in [0.1, 0.15) is 0 Å². The lowest BCUT2D eigenvalue weighted by Gasteiger charge is -2.16. The molecule has 0 radical (unpaired) electrons. The van der Waals surface area contributed by atoms with Crippen LogP contribution in [0.15, 0.2) is 34.2 Å². The minimum absolute atomic E-state index is 0. The Labute approximate surface area is 166 Å². The van der Waals surface area contributed by atoms with Crippen LogP contribution in [0.2, 0.25) is 5.02 Å². The fourth-order valence-electron chi connectivity index (χ4n) is 1.72. The standard InChI is InChI=1S/C15H25ClN4O2S.HI/c1-4-12(3)20-15(17-5-2)18-9-10-19-23(21,22)14-8-6-7-13(16)11-14;/h6-8,11-12,19H,4-5,9-10H2,1-3H3,(H2,17,18,20);1H. The molecular weight excluding hydrogens is 463 g/mol. The number of halogens is 2. The third-order valence-electron chi connectivity index (χ3n) is 3.12. The van der Waals surface area contributed by atoms with Crippen molar-refractivity contribution in [3.63, 3.8) is 0 Å². The summed E-state index contributed by atoms with van der Waals surface area (Å²) in [7, 11) is -3.57. The molecule has 1 rings (SSSR count). The third kappa shape index (κ3) is 8.50. The smallest absolute Gasteiger partial charge is 0.240 e. The van der Waals surface area contributed by atoms with Crippen molar-refractivity contribution < 1.29 is 8.42 Å². The lowest BCUT2D eigenvalue weighted by molar-refractivity contribution is 0.581. The number of benzene rings is 1. The van der Waals surface area contributed by atoms with Gasteiger partial charge in [-0.2, -0.15) is 0 Å². The van der Waals surface area contributed by atoms with Gasteiger partial charge in [0.25, 0.3) is 0 Å². The fourth-order valence-corrected chi connectivity index (χ4v) is 3.04. The number of rotatable bonds is 8. The quantitative estimate of drug-likeness (QED) is 0.227. The molecule has 1 aromatic rings. The third-order valence-corrected chi connectivity index (χ3v) is 4.81. The molecule has 0 heterocycles. The maximum Gasteiger partial charge on any atom is 0.240 e. The number of hydrogen-bond donors (Lipinski definition) is 3. The van der Waals surface area contributed by atoms with E-state index >= 15 is 0 Å². The van der Waals surface area contributed by atoms with Crippen LogP contribution in [0.5, 0.6) is 0 Å². The van der Waals surface area contributed by atoms with Crippen LogP contribution in [0.3, 0.4) is 0 Å². The van der Waals surface area contributed by atoms with Crippen LogP contribution < -0.4 is 15.4 Å². The van der Waals surface area contributed by atoms with Crippen molar-refractivity contribution in [2.24, 2.45) is 4.99 Å². The Kier molecular flexibility index (Phi) is 11.6. The molecule has 1 atom stereocenters. The number of guanidine groups is 1. The van der Waals surface area contributed by atoms with Gasteiger partial charge in [-0.05, 0) is 38.5 Å². The minimum atomic E-state index is -3.57. The highest BCUT2D eigenvalue weighted by molar-refractivity contribution is 14.0. The van der Waals surface area contributed by atoms with Crippen molar-refractivity contribution in [1.29, 1.82) is 0 Å². The molecule has 0 saturated heterocycles. The van der Waals surface area contributed by atoms with Crippen molar-refractivity contribution in [3.05, 3.63) is 29.3 Å². The van der Waals surface area contributed by atoms with Crippen LogP contribution in [-0.2, 0) is 10.0 Å². The predicted octanol–water partition coefficient (Wildman–Crippen LogP) is 2.59. The molecular formula is C15H26ClIN4O2S. The van der Waals surface area contributed by atoms with E-state index in [1.54, 1.807) is 12.1 Å². The summed E-state index contributed by atoms with van der Waals surface area (Å²) in [6.45, 7) is 7.43. The normalized spacial score (nSPS) is 13.1. The number of aliphatic imine (C=N–C) groups is 1. The topological polar surface area (TPSA) is 82.6 Å². The summed E-state index contributed by atoms with van der Waals surface area (Å²) in [6, 6.07) is 6.46. The summed E-state index contributed by atoms with van der Waals surface area (Å²) in [5.41, 5.74) is 0. The number of nitrogens with one attached hydrogen (secondary N) is 3. The summed E-state index contributed by atoms with van der Waals surface area (Å²) in [4.78, 5) is 4.51.